The molecule has 0 amide bonds. The Labute approximate surface area is 168 Å². The Morgan fingerprint density at radius 3 is 2.79 bits per heavy atom. The smallest absolute Gasteiger partial charge is 0.259 e. The lowest BCUT2D eigenvalue weighted by molar-refractivity contribution is 0.122. The van der Waals surface area contributed by atoms with Gasteiger partial charge in [0.05, 0.1) is 13.2 Å². The third-order valence-electron chi connectivity index (χ3n) is 5.69. The van der Waals surface area contributed by atoms with Crippen LogP contribution in [0.4, 0.5) is 15.9 Å². The summed E-state index contributed by atoms with van der Waals surface area (Å²) in [6.07, 6.45) is 2.66. The van der Waals surface area contributed by atoms with E-state index in [1.807, 2.05) is 19.2 Å². The van der Waals surface area contributed by atoms with Crippen LogP contribution < -0.4 is 15.4 Å². The van der Waals surface area contributed by atoms with Gasteiger partial charge in [-0.25, -0.2) is 9.37 Å². The van der Waals surface area contributed by atoms with E-state index in [9.17, 15) is 9.18 Å². The summed E-state index contributed by atoms with van der Waals surface area (Å²) in [7, 11) is 0. The van der Waals surface area contributed by atoms with Gasteiger partial charge in [0.1, 0.15) is 17.3 Å². The van der Waals surface area contributed by atoms with Crippen molar-refractivity contribution in [3.63, 3.8) is 0 Å². The molecule has 0 radical (unpaired) electrons. The fourth-order valence-electron chi connectivity index (χ4n) is 4.29. The van der Waals surface area contributed by atoms with Crippen molar-refractivity contribution in [1.29, 1.82) is 0 Å². The second kappa shape index (κ2) is 7.15. The lowest BCUT2D eigenvalue weighted by Crippen LogP contribution is -2.37. The molecule has 7 heteroatoms. The molecule has 1 aromatic carbocycles. The average Bonchev–Trinajstić information content (AvgIpc) is 3.11. The topological polar surface area (TPSA) is 50.1 Å². The van der Waals surface area contributed by atoms with Crippen molar-refractivity contribution in [2.45, 2.75) is 19.9 Å². The fraction of sp³-hybridized carbons (Fsp3) is 0.364. The highest BCUT2D eigenvalue weighted by Crippen LogP contribution is 2.30. The van der Waals surface area contributed by atoms with Gasteiger partial charge in [-0.15, -0.1) is 0 Å². The first-order valence-corrected chi connectivity index (χ1v) is 9.97. The maximum Gasteiger partial charge on any atom is 0.259 e. The summed E-state index contributed by atoms with van der Waals surface area (Å²) in [5.41, 5.74) is 4.69. The second-order valence-electron chi connectivity index (χ2n) is 7.73. The first kappa shape index (κ1) is 18.1. The van der Waals surface area contributed by atoms with Crippen LogP contribution in [0.15, 0.2) is 41.3 Å². The largest absolute Gasteiger partial charge is 0.378 e. The standard InChI is InChI=1S/C22H23FN4O2/c1-15-10-17(14-26-5-4-16-11-18(23)2-3-19(16)26)22-24-20(12-21(28)27(22)13-15)25-6-8-29-9-7-25/h2-3,10-13H,4-9,14H2,1H3. The van der Waals surface area contributed by atoms with Crippen molar-refractivity contribution < 1.29 is 9.13 Å². The first-order valence-electron chi connectivity index (χ1n) is 9.97. The highest BCUT2D eigenvalue weighted by atomic mass is 19.1. The molecule has 2 aliphatic rings. The molecule has 5 rings (SSSR count). The number of benzene rings is 1. The number of hydrogen-bond acceptors (Lipinski definition) is 5. The number of morpholine rings is 1. The molecule has 0 spiro atoms. The second-order valence-corrected chi connectivity index (χ2v) is 7.73. The molecule has 0 unspecified atom stereocenters. The van der Waals surface area contributed by atoms with Gasteiger partial charge in [0.25, 0.3) is 5.56 Å². The molecule has 0 atom stereocenters. The highest BCUT2D eigenvalue weighted by Gasteiger charge is 2.22. The summed E-state index contributed by atoms with van der Waals surface area (Å²) in [5.74, 6) is 0.502. The van der Waals surface area contributed by atoms with Crippen molar-refractivity contribution in [2.75, 3.05) is 42.6 Å². The third-order valence-corrected chi connectivity index (χ3v) is 5.69. The maximum atomic E-state index is 13.6. The Hall–Kier alpha value is -2.93. The van der Waals surface area contributed by atoms with E-state index in [0.717, 1.165) is 48.4 Å². The van der Waals surface area contributed by atoms with Gasteiger partial charge in [0.2, 0.25) is 0 Å². The lowest BCUT2D eigenvalue weighted by atomic mass is 10.1. The summed E-state index contributed by atoms with van der Waals surface area (Å²) in [4.78, 5) is 22.0. The molecule has 3 aromatic rings. The molecule has 6 nitrogen and oxygen atoms in total. The summed E-state index contributed by atoms with van der Waals surface area (Å²) in [5, 5.41) is 0. The molecule has 0 saturated carbocycles. The van der Waals surface area contributed by atoms with Crippen LogP contribution in [0, 0.1) is 12.7 Å². The van der Waals surface area contributed by atoms with E-state index >= 15 is 0 Å². The molecule has 2 aromatic heterocycles. The van der Waals surface area contributed by atoms with Crippen LogP contribution in [0.25, 0.3) is 5.65 Å². The highest BCUT2D eigenvalue weighted by molar-refractivity contribution is 5.61. The summed E-state index contributed by atoms with van der Waals surface area (Å²) in [6, 6.07) is 8.66. The van der Waals surface area contributed by atoms with E-state index in [-0.39, 0.29) is 11.4 Å². The molecular weight excluding hydrogens is 371 g/mol. The van der Waals surface area contributed by atoms with Gasteiger partial charge in [-0.2, -0.15) is 0 Å². The van der Waals surface area contributed by atoms with Gasteiger partial charge in [-0.1, -0.05) is 0 Å². The van der Waals surface area contributed by atoms with Crippen molar-refractivity contribution >= 4 is 17.2 Å². The van der Waals surface area contributed by atoms with Crippen LogP contribution >= 0.6 is 0 Å². The quantitative estimate of drug-likeness (QED) is 0.683. The summed E-state index contributed by atoms with van der Waals surface area (Å²) in [6.45, 7) is 6.18. The molecule has 1 fully saturated rings. The summed E-state index contributed by atoms with van der Waals surface area (Å²) < 4.78 is 20.6. The lowest BCUT2D eigenvalue weighted by Gasteiger charge is -2.28. The molecule has 2 aliphatic heterocycles. The maximum absolute atomic E-state index is 13.6. The number of ether oxygens (including phenoxy) is 1. The van der Waals surface area contributed by atoms with Crippen molar-refractivity contribution in [1.82, 2.24) is 9.38 Å². The van der Waals surface area contributed by atoms with Gasteiger partial charge < -0.3 is 14.5 Å². The Morgan fingerprint density at radius 1 is 1.14 bits per heavy atom. The minimum absolute atomic E-state index is 0.0784. The number of nitrogens with zero attached hydrogens (tertiary/aromatic N) is 4. The van der Waals surface area contributed by atoms with E-state index in [1.54, 1.807) is 16.5 Å². The number of halogens is 1. The summed E-state index contributed by atoms with van der Waals surface area (Å²) >= 11 is 0. The van der Waals surface area contributed by atoms with Gasteiger partial charge in [0, 0.05) is 49.7 Å². The molecule has 1 saturated heterocycles. The van der Waals surface area contributed by atoms with Crippen LogP contribution in [0.3, 0.4) is 0 Å². The normalized spacial score (nSPS) is 16.5. The minimum Gasteiger partial charge on any atom is -0.378 e. The van der Waals surface area contributed by atoms with Crippen molar-refractivity contribution in [2.24, 2.45) is 0 Å². The third kappa shape index (κ3) is 3.35. The average molecular weight is 394 g/mol. The molecule has 150 valence electrons. The zero-order chi connectivity index (χ0) is 20.0. The fourth-order valence-corrected chi connectivity index (χ4v) is 4.29. The zero-order valence-corrected chi connectivity index (χ0v) is 16.4. The van der Waals surface area contributed by atoms with Gasteiger partial charge in [-0.05, 0) is 48.7 Å². The van der Waals surface area contributed by atoms with Crippen LogP contribution in [0.1, 0.15) is 16.7 Å². The Bertz CT molecular complexity index is 1140. The number of rotatable bonds is 3. The predicted molar refractivity (Wildman–Crippen MR) is 110 cm³/mol. The predicted octanol–water partition coefficient (Wildman–Crippen LogP) is 2.54. The zero-order valence-electron chi connectivity index (χ0n) is 16.4. The van der Waals surface area contributed by atoms with Crippen molar-refractivity contribution in [3.8, 4) is 0 Å². The van der Waals surface area contributed by atoms with E-state index in [1.165, 1.54) is 6.07 Å². The first-order chi connectivity index (χ1) is 14.1. The van der Waals surface area contributed by atoms with Crippen LogP contribution in [-0.2, 0) is 17.7 Å². The Kier molecular flexibility index (Phi) is 4.47. The van der Waals surface area contributed by atoms with Gasteiger partial charge in [-0.3, -0.25) is 9.20 Å². The molecule has 0 bridgehead atoms. The molecule has 29 heavy (non-hydrogen) atoms. The Morgan fingerprint density at radius 2 is 1.97 bits per heavy atom. The van der Waals surface area contributed by atoms with E-state index in [4.69, 9.17) is 9.72 Å². The molecule has 0 aliphatic carbocycles. The van der Waals surface area contributed by atoms with Crippen LogP contribution in [0.5, 0.6) is 0 Å². The molecule has 4 heterocycles. The van der Waals surface area contributed by atoms with Gasteiger partial charge in [0.15, 0.2) is 0 Å². The van der Waals surface area contributed by atoms with Crippen molar-refractivity contribution in [3.05, 3.63) is 69.4 Å². The Balaban J connectivity index is 1.56. The number of aromatic nitrogens is 2. The van der Waals surface area contributed by atoms with Gasteiger partial charge >= 0.3 is 0 Å². The molecular formula is C22H23FN4O2. The number of anilines is 2. The number of pyridine rings is 1. The van der Waals surface area contributed by atoms with E-state index < -0.39 is 0 Å². The molecule has 0 N–H and O–H groups in total. The SMILES string of the molecule is Cc1cc(CN2CCc3cc(F)ccc32)c2nc(N3CCOCC3)cc(=O)n2c1. The van der Waals surface area contributed by atoms with E-state index in [2.05, 4.69) is 15.9 Å². The van der Waals surface area contributed by atoms with E-state index in [0.29, 0.717) is 31.2 Å². The minimum atomic E-state index is -0.199. The number of hydrogen-bond donors (Lipinski definition) is 0. The number of fused-ring (bicyclic) bond motifs is 2. The van der Waals surface area contributed by atoms with Crippen LogP contribution in [-0.4, -0.2) is 42.2 Å². The van der Waals surface area contributed by atoms with Crippen LogP contribution in [0.2, 0.25) is 0 Å². The number of aryl methyl sites for hydroxylation is 1. The monoisotopic (exact) mass is 394 g/mol.